The van der Waals surface area contributed by atoms with E-state index in [0.29, 0.717) is 0 Å². The van der Waals surface area contributed by atoms with Crippen molar-refractivity contribution in [1.29, 1.82) is 0 Å². The molecular formula is C82H52O2. The van der Waals surface area contributed by atoms with Gasteiger partial charge < -0.3 is 8.83 Å². The molecule has 17 rings (SSSR count). The molecule has 15 aromatic carbocycles. The van der Waals surface area contributed by atoms with Gasteiger partial charge in [-0.3, -0.25) is 0 Å². The maximum absolute atomic E-state index is 9.89. The first-order valence-electron chi connectivity index (χ1n) is 50.6. The van der Waals surface area contributed by atoms with Crippen molar-refractivity contribution in [3.05, 3.63) is 314 Å². The molecule has 84 heavy (non-hydrogen) atoms. The monoisotopic (exact) mass is 1120 g/mol. The number of hydrogen-bond acceptors (Lipinski definition) is 2. The average Bonchev–Trinajstić information content (AvgIpc) is 1.07. The molecule has 2 aromatic heterocycles. The molecule has 0 radical (unpaired) electrons. The lowest BCUT2D eigenvalue weighted by Crippen LogP contribution is -1.92. The van der Waals surface area contributed by atoms with Crippen molar-refractivity contribution in [1.82, 2.24) is 0 Å². The first-order valence-corrected chi connectivity index (χ1v) is 24.6. The highest BCUT2D eigenvalue weighted by atomic mass is 16.3. The minimum Gasteiger partial charge on any atom is -0.456 e. The SMILES string of the molecule is [2H]c1c([2H])c([2H])c(-c2c([2H])c(-c3c([2H])c([2H])c([2H])c([2H])c3[2H])c([2H])c(-c3c4c([2H])c([2H])c([2H])c([2H])c4c(-c4c([2H])c([2H])c5oc6c([2H])c([2H])c([2H])c([2H])c6c5c4[2H])c4c([2H])c([2H])c([2H])c([2H])c34)c2[2H])c([2H])c1[2H].[2H]c1c([2H])c([2H])c(-c2c([2H])c([2H])c(-c3c4c([2H])c([2H])c([2H])c([2H])c4c(-c4c([2H])c([2H])c5oc6c([2H])c([2H])c([2H])c([2H])c6c5c4[2H])c4c([2H])c([2H])c([2H])c([2H])c34)c([2H])c2[2H])c([2H])c1[2H]. The van der Waals surface area contributed by atoms with E-state index in [4.69, 9.17) is 56.8 Å². The first-order chi connectivity index (χ1) is 63.3. The molecule has 0 amide bonds. The largest absolute Gasteiger partial charge is 0.456 e. The van der Waals surface area contributed by atoms with Gasteiger partial charge in [-0.05, 0) is 175 Å². The molecule has 0 atom stereocenters. The first kappa shape index (κ1) is 19.3. The van der Waals surface area contributed by atoms with Gasteiger partial charge in [-0.25, -0.2) is 0 Å². The van der Waals surface area contributed by atoms with E-state index in [-0.39, 0.29) is 0 Å². The summed E-state index contributed by atoms with van der Waals surface area (Å²) in [5.74, 6) is 0. The molecule has 0 aliphatic heterocycles. The molecule has 392 valence electrons. The third-order valence-electron chi connectivity index (χ3n) is 13.1. The predicted molar refractivity (Wildman–Crippen MR) is 356 cm³/mol. The average molecular weight is 1120 g/mol. The van der Waals surface area contributed by atoms with E-state index >= 15 is 0 Å². The molecule has 2 nitrogen and oxygen atoms in total. The Kier molecular flexibility index (Phi) is 4.70. The van der Waals surface area contributed by atoms with Gasteiger partial charge in [-0.1, -0.05) is 260 Å². The molecule has 0 saturated heterocycles. The van der Waals surface area contributed by atoms with Crippen LogP contribution in [0.2, 0.25) is 0 Å². The van der Waals surface area contributed by atoms with E-state index < -0.39 is 479 Å². The highest BCUT2D eigenvalue weighted by Gasteiger charge is 2.21. The van der Waals surface area contributed by atoms with Crippen molar-refractivity contribution in [2.24, 2.45) is 0 Å². The number of rotatable bonds is 7. The number of furan rings is 2. The van der Waals surface area contributed by atoms with E-state index in [1.807, 2.05) is 0 Å². The molecule has 0 fully saturated rings. The molecule has 0 unspecified atom stereocenters. The Morgan fingerprint density at radius 1 is 0.155 bits per heavy atom. The topological polar surface area (TPSA) is 26.3 Å². The molecule has 2 heteroatoms. The summed E-state index contributed by atoms with van der Waals surface area (Å²) in [6, 6.07) is -48.9. The summed E-state index contributed by atoms with van der Waals surface area (Å²) in [5, 5.41) is -7.77. The van der Waals surface area contributed by atoms with Crippen LogP contribution in [0.3, 0.4) is 0 Å². The van der Waals surface area contributed by atoms with Crippen molar-refractivity contribution in [3.63, 3.8) is 0 Å². The zero-order chi connectivity index (χ0) is 101. The molecule has 0 bridgehead atoms. The third kappa shape index (κ3) is 8.43. The fourth-order valence-corrected chi connectivity index (χ4v) is 9.64. The molecule has 2 heterocycles. The van der Waals surface area contributed by atoms with Gasteiger partial charge in [0.05, 0.1) is 71.3 Å². The van der Waals surface area contributed by atoms with Crippen LogP contribution < -0.4 is 0 Å². The minimum absolute atomic E-state index is 0.396. The van der Waals surface area contributed by atoms with Gasteiger partial charge in [0.2, 0.25) is 0 Å². The molecular weight excluding hydrogens is 1020 g/mol. The van der Waals surface area contributed by atoms with Gasteiger partial charge in [0, 0.05) is 21.5 Å². The molecule has 0 aliphatic carbocycles. The van der Waals surface area contributed by atoms with E-state index in [0.717, 1.165) is 0 Å². The Morgan fingerprint density at radius 2 is 0.393 bits per heavy atom. The summed E-state index contributed by atoms with van der Waals surface area (Å²) in [6.45, 7) is 0. The third-order valence-corrected chi connectivity index (χ3v) is 13.1. The molecule has 0 spiro atoms. The van der Waals surface area contributed by atoms with E-state index in [1.165, 1.54) is 0 Å². The molecule has 17 aromatic rings. The van der Waals surface area contributed by atoms with Crippen LogP contribution in [0.1, 0.15) is 71.3 Å². The quantitative estimate of drug-likeness (QED) is 0.149. The summed E-state index contributed by atoms with van der Waals surface area (Å²) in [5.41, 5.74) is -13.6. The van der Waals surface area contributed by atoms with Crippen LogP contribution in [-0.4, -0.2) is 0 Å². The number of benzene rings is 15. The maximum atomic E-state index is 9.89. The van der Waals surface area contributed by atoms with Gasteiger partial charge >= 0.3 is 0 Å². The lowest BCUT2D eigenvalue weighted by atomic mass is 9.84. The maximum Gasteiger partial charge on any atom is 0.135 e. The zero-order valence-electron chi connectivity index (χ0n) is 93.8. The summed E-state index contributed by atoms with van der Waals surface area (Å²) >= 11 is 0. The van der Waals surface area contributed by atoms with E-state index in [9.17, 15) is 23.3 Å². The smallest absolute Gasteiger partial charge is 0.135 e. The Balaban J connectivity index is 0.000000199. The van der Waals surface area contributed by atoms with Crippen molar-refractivity contribution in [2.75, 3.05) is 0 Å². The van der Waals surface area contributed by atoms with Gasteiger partial charge in [0.1, 0.15) is 22.3 Å². The Labute approximate surface area is 559 Å². The van der Waals surface area contributed by atoms with Crippen molar-refractivity contribution in [2.45, 2.75) is 0 Å². The second kappa shape index (κ2) is 20.5. The lowest BCUT2D eigenvalue weighted by molar-refractivity contribution is 0.668. The van der Waals surface area contributed by atoms with Crippen LogP contribution in [0, 0.1) is 0 Å². The summed E-state index contributed by atoms with van der Waals surface area (Å²) in [6.07, 6.45) is 0. The van der Waals surface area contributed by atoms with E-state index in [1.54, 1.807) is 0 Å². The van der Waals surface area contributed by atoms with Crippen LogP contribution in [0.5, 0.6) is 0 Å². The highest BCUT2D eigenvalue weighted by molar-refractivity contribution is 6.24. The number of para-hydroxylation sites is 2. The Hall–Kier alpha value is -11.1. The molecule has 0 saturated carbocycles. The predicted octanol–water partition coefficient (Wildman–Crippen LogP) is 23.5. The van der Waals surface area contributed by atoms with Gasteiger partial charge in [-0.2, -0.15) is 0 Å². The molecule has 0 N–H and O–H groups in total. The van der Waals surface area contributed by atoms with Gasteiger partial charge in [0.15, 0.2) is 0 Å². The lowest BCUT2D eigenvalue weighted by Gasteiger charge is -2.19. The molecule has 0 aliphatic rings. The van der Waals surface area contributed by atoms with Crippen LogP contribution in [0.15, 0.2) is 323 Å². The summed E-state index contributed by atoms with van der Waals surface area (Å²) in [7, 11) is 0. The van der Waals surface area contributed by atoms with Crippen LogP contribution in [-0.2, 0) is 0 Å². The standard InChI is InChI=1S/C44H28O.C38H24O/c1-3-13-29(14-4-1)32-25-33(30-15-5-2-6-16-30)27-34(26-32)44-38-20-9-7-18-36(38)43(37-19-8-10-21-39(37)44)31-23-24-42-40(28-31)35-17-11-12-22-41(35)45-42;1-2-10-25(11-3-1)26-18-20-27(21-19-26)37-30-13-4-6-15-32(30)38(33-16-7-5-14-31(33)37)28-22-23-36-34(24-28)29-12-8-9-17-35(29)39-36/h1-28H;1-24H/i1D,2D,3D,4D,5D,6D,7D,8D,9D,10D,11D,12D,13D,14D,15D,16D,17D,18D,19D,20D,21D,22D,23D,24D,25D,26D,27D,28D;1D,2D,3D,4D,5D,6D,7D,8D,9D,10D,11D,12D,13D,14D,15D,16D,17D,18D,19D,20D,21D,22D,23D,24D. The highest BCUT2D eigenvalue weighted by Crippen LogP contribution is 2.48. The Bertz CT molecular complexity index is 8230. The van der Waals surface area contributed by atoms with Gasteiger partial charge in [0.25, 0.3) is 0 Å². The van der Waals surface area contributed by atoms with E-state index in [2.05, 4.69) is 0 Å². The second-order valence-electron chi connectivity index (χ2n) is 17.8. The summed E-state index contributed by atoms with van der Waals surface area (Å²) < 4.78 is 474. The number of fused-ring (bicyclic) bond motifs is 10. The van der Waals surface area contributed by atoms with Crippen LogP contribution >= 0.6 is 0 Å². The fourth-order valence-electron chi connectivity index (χ4n) is 9.64. The Morgan fingerprint density at radius 3 is 0.762 bits per heavy atom. The number of hydrogen-bond donors (Lipinski definition) is 0. The minimum atomic E-state index is -1.16. The van der Waals surface area contributed by atoms with Gasteiger partial charge in [-0.15, -0.1) is 0 Å². The summed E-state index contributed by atoms with van der Waals surface area (Å²) in [4.78, 5) is 0. The van der Waals surface area contributed by atoms with Crippen LogP contribution in [0.25, 0.3) is 165 Å². The fraction of sp³-hybridized carbons (Fsp3) is 0. The van der Waals surface area contributed by atoms with Crippen molar-refractivity contribution < 1.29 is 80.1 Å². The van der Waals surface area contributed by atoms with Crippen LogP contribution in [0.4, 0.5) is 0 Å². The normalized spacial score (nSPS) is 20.2. The van der Waals surface area contributed by atoms with Crippen molar-refractivity contribution in [3.8, 4) is 77.9 Å². The zero-order valence-corrected chi connectivity index (χ0v) is 41.8. The second-order valence-corrected chi connectivity index (χ2v) is 17.8. The van der Waals surface area contributed by atoms with Crippen molar-refractivity contribution >= 4 is 87.0 Å².